The molecule has 7 nitrogen and oxygen atoms in total. The van der Waals surface area contributed by atoms with Gasteiger partial charge in [0.05, 0.1) is 0 Å². The SMILES string of the molecule is CCc1nccc(-c2nccn2-c2cccc(N3CCNC3=O)c2)n1. The van der Waals surface area contributed by atoms with Gasteiger partial charge in [0.2, 0.25) is 0 Å². The van der Waals surface area contributed by atoms with Crippen molar-refractivity contribution >= 4 is 11.7 Å². The second-order valence-electron chi connectivity index (χ2n) is 5.74. The summed E-state index contributed by atoms with van der Waals surface area (Å²) in [6, 6.07) is 9.65. The highest BCUT2D eigenvalue weighted by Crippen LogP contribution is 2.24. The molecule has 0 radical (unpaired) electrons. The number of hydrogen-bond donors (Lipinski definition) is 1. The van der Waals surface area contributed by atoms with Crippen molar-refractivity contribution < 1.29 is 4.79 Å². The molecule has 2 aromatic heterocycles. The van der Waals surface area contributed by atoms with Crippen LogP contribution in [-0.2, 0) is 6.42 Å². The van der Waals surface area contributed by atoms with Gasteiger partial charge in [0.25, 0.3) is 0 Å². The Morgan fingerprint density at radius 2 is 2.04 bits per heavy atom. The van der Waals surface area contributed by atoms with Crippen molar-refractivity contribution in [2.24, 2.45) is 0 Å². The lowest BCUT2D eigenvalue weighted by Gasteiger charge is -2.16. The minimum absolute atomic E-state index is 0.0635. The first-order chi connectivity index (χ1) is 12.3. The normalized spacial score (nSPS) is 14.0. The number of imidazole rings is 1. The standard InChI is InChI=1S/C18H18N6O/c1-2-16-19-7-6-15(22-16)17-20-8-10-23(17)13-4-3-5-14(12-13)24-11-9-21-18(24)25/h3-8,10,12H,2,9,11H2,1H3,(H,21,25). The maximum absolute atomic E-state index is 11.9. The quantitative estimate of drug-likeness (QED) is 0.795. The molecule has 2 amide bonds. The Labute approximate surface area is 145 Å². The van der Waals surface area contributed by atoms with E-state index in [0.29, 0.717) is 13.1 Å². The van der Waals surface area contributed by atoms with Crippen LogP contribution < -0.4 is 10.2 Å². The highest BCUT2D eigenvalue weighted by atomic mass is 16.2. The molecule has 1 aromatic carbocycles. The Bertz CT molecular complexity index is 919. The first kappa shape index (κ1) is 15.3. The van der Waals surface area contributed by atoms with Crippen LogP contribution in [0.1, 0.15) is 12.7 Å². The molecule has 3 heterocycles. The number of benzene rings is 1. The van der Waals surface area contributed by atoms with Crippen molar-refractivity contribution in [1.82, 2.24) is 24.8 Å². The van der Waals surface area contributed by atoms with E-state index in [2.05, 4.69) is 20.3 Å². The molecule has 1 saturated heterocycles. The van der Waals surface area contributed by atoms with Gasteiger partial charge in [-0.3, -0.25) is 9.47 Å². The Morgan fingerprint density at radius 3 is 2.84 bits per heavy atom. The Kier molecular flexibility index (Phi) is 3.89. The summed E-state index contributed by atoms with van der Waals surface area (Å²) in [6.45, 7) is 3.36. The minimum Gasteiger partial charge on any atom is -0.336 e. The predicted molar refractivity (Wildman–Crippen MR) is 94.7 cm³/mol. The minimum atomic E-state index is -0.0635. The molecule has 3 aromatic rings. The molecule has 4 rings (SSSR count). The van der Waals surface area contributed by atoms with Crippen molar-refractivity contribution in [1.29, 1.82) is 0 Å². The highest BCUT2D eigenvalue weighted by Gasteiger charge is 2.21. The Hall–Kier alpha value is -3.22. The molecular weight excluding hydrogens is 316 g/mol. The molecule has 0 unspecified atom stereocenters. The van der Waals surface area contributed by atoms with Gasteiger partial charge in [-0.15, -0.1) is 0 Å². The number of aromatic nitrogens is 4. The van der Waals surface area contributed by atoms with Gasteiger partial charge in [-0.25, -0.2) is 19.7 Å². The van der Waals surface area contributed by atoms with Gasteiger partial charge in [0.1, 0.15) is 11.5 Å². The van der Waals surface area contributed by atoms with E-state index in [1.165, 1.54) is 0 Å². The number of amides is 2. The maximum atomic E-state index is 11.9. The average Bonchev–Trinajstić information content (AvgIpc) is 3.31. The summed E-state index contributed by atoms with van der Waals surface area (Å²) in [5, 5.41) is 2.82. The third kappa shape index (κ3) is 2.84. The second-order valence-corrected chi connectivity index (χ2v) is 5.74. The van der Waals surface area contributed by atoms with Crippen molar-refractivity contribution in [2.75, 3.05) is 18.0 Å². The summed E-state index contributed by atoms with van der Waals surface area (Å²) < 4.78 is 1.97. The lowest BCUT2D eigenvalue weighted by molar-refractivity contribution is 0.252. The summed E-state index contributed by atoms with van der Waals surface area (Å²) in [7, 11) is 0. The van der Waals surface area contributed by atoms with Crippen LogP contribution in [0.4, 0.5) is 10.5 Å². The number of carbonyl (C=O) groups is 1. The molecule has 7 heteroatoms. The fraction of sp³-hybridized carbons (Fsp3) is 0.222. The van der Waals surface area contributed by atoms with E-state index in [1.807, 2.05) is 48.0 Å². The van der Waals surface area contributed by atoms with E-state index in [-0.39, 0.29) is 6.03 Å². The smallest absolute Gasteiger partial charge is 0.321 e. The summed E-state index contributed by atoms with van der Waals surface area (Å²) in [5.74, 6) is 1.54. The monoisotopic (exact) mass is 334 g/mol. The summed E-state index contributed by atoms with van der Waals surface area (Å²) in [6.07, 6.45) is 6.17. The fourth-order valence-electron chi connectivity index (χ4n) is 2.92. The topological polar surface area (TPSA) is 75.9 Å². The zero-order valence-corrected chi connectivity index (χ0v) is 13.9. The third-order valence-corrected chi connectivity index (χ3v) is 4.17. The summed E-state index contributed by atoms with van der Waals surface area (Å²) in [4.78, 5) is 26.9. The Balaban J connectivity index is 1.74. The molecule has 1 aliphatic heterocycles. The van der Waals surface area contributed by atoms with Crippen LogP contribution in [0.3, 0.4) is 0 Å². The van der Waals surface area contributed by atoms with E-state index in [4.69, 9.17) is 0 Å². The van der Waals surface area contributed by atoms with Crippen LogP contribution in [0.15, 0.2) is 48.9 Å². The molecular formula is C18H18N6O. The fourth-order valence-corrected chi connectivity index (χ4v) is 2.92. The molecule has 0 aliphatic carbocycles. The molecule has 126 valence electrons. The van der Waals surface area contributed by atoms with Gasteiger partial charge >= 0.3 is 6.03 Å². The van der Waals surface area contributed by atoms with Crippen molar-refractivity contribution in [3.63, 3.8) is 0 Å². The lowest BCUT2D eigenvalue weighted by atomic mass is 10.2. The number of aryl methyl sites for hydroxylation is 1. The van der Waals surface area contributed by atoms with Crippen LogP contribution in [0, 0.1) is 0 Å². The number of hydrogen-bond acceptors (Lipinski definition) is 4. The second kappa shape index (κ2) is 6.35. The molecule has 1 aliphatic rings. The van der Waals surface area contributed by atoms with E-state index in [0.717, 1.165) is 35.1 Å². The zero-order chi connectivity index (χ0) is 17.2. The van der Waals surface area contributed by atoms with Crippen LogP contribution >= 0.6 is 0 Å². The summed E-state index contributed by atoms with van der Waals surface area (Å²) >= 11 is 0. The van der Waals surface area contributed by atoms with Gasteiger partial charge in [-0.1, -0.05) is 13.0 Å². The zero-order valence-electron chi connectivity index (χ0n) is 13.9. The average molecular weight is 334 g/mol. The Morgan fingerprint density at radius 1 is 1.16 bits per heavy atom. The van der Waals surface area contributed by atoms with Gasteiger partial charge in [-0.05, 0) is 24.3 Å². The van der Waals surface area contributed by atoms with E-state index in [9.17, 15) is 4.79 Å². The number of rotatable bonds is 4. The van der Waals surface area contributed by atoms with Crippen molar-refractivity contribution in [3.8, 4) is 17.2 Å². The number of nitrogens with zero attached hydrogens (tertiary/aromatic N) is 5. The van der Waals surface area contributed by atoms with Gasteiger partial charge in [0, 0.05) is 49.5 Å². The number of urea groups is 1. The van der Waals surface area contributed by atoms with Crippen LogP contribution in [0.25, 0.3) is 17.2 Å². The first-order valence-corrected chi connectivity index (χ1v) is 8.27. The van der Waals surface area contributed by atoms with Gasteiger partial charge in [0.15, 0.2) is 5.82 Å². The lowest BCUT2D eigenvalue weighted by Crippen LogP contribution is -2.27. The molecule has 0 bridgehead atoms. The molecule has 25 heavy (non-hydrogen) atoms. The number of nitrogens with one attached hydrogen (secondary N) is 1. The molecule has 1 fully saturated rings. The van der Waals surface area contributed by atoms with Crippen LogP contribution in [0.5, 0.6) is 0 Å². The first-order valence-electron chi connectivity index (χ1n) is 8.27. The van der Waals surface area contributed by atoms with Crippen LogP contribution in [0.2, 0.25) is 0 Å². The molecule has 0 atom stereocenters. The third-order valence-electron chi connectivity index (χ3n) is 4.17. The molecule has 0 spiro atoms. The molecule has 1 N–H and O–H groups in total. The predicted octanol–water partition coefficient (Wildman–Crippen LogP) is 2.42. The maximum Gasteiger partial charge on any atom is 0.321 e. The van der Waals surface area contributed by atoms with Crippen molar-refractivity contribution in [3.05, 3.63) is 54.7 Å². The van der Waals surface area contributed by atoms with E-state index >= 15 is 0 Å². The number of anilines is 1. The van der Waals surface area contributed by atoms with Crippen molar-refractivity contribution in [2.45, 2.75) is 13.3 Å². The number of carbonyl (C=O) groups excluding carboxylic acids is 1. The molecule has 0 saturated carbocycles. The van der Waals surface area contributed by atoms with Crippen LogP contribution in [-0.4, -0.2) is 38.6 Å². The van der Waals surface area contributed by atoms with E-state index < -0.39 is 0 Å². The largest absolute Gasteiger partial charge is 0.336 e. The summed E-state index contributed by atoms with van der Waals surface area (Å²) in [5.41, 5.74) is 2.58. The van der Waals surface area contributed by atoms with Gasteiger partial charge < -0.3 is 5.32 Å². The van der Waals surface area contributed by atoms with Gasteiger partial charge in [-0.2, -0.15) is 0 Å². The van der Waals surface area contributed by atoms with E-state index in [1.54, 1.807) is 17.3 Å². The highest BCUT2D eigenvalue weighted by molar-refractivity contribution is 5.94.